The quantitative estimate of drug-likeness (QED) is 0.787. The number of amides is 1. The monoisotopic (exact) mass is 274 g/mol. The second-order valence-corrected chi connectivity index (χ2v) is 6.48. The summed E-state index contributed by atoms with van der Waals surface area (Å²) in [4.78, 5) is 12.1. The molecule has 2 aromatic rings. The van der Waals surface area contributed by atoms with Crippen LogP contribution in [0.4, 0.5) is 4.39 Å². The molecule has 0 saturated heterocycles. The summed E-state index contributed by atoms with van der Waals surface area (Å²) in [7, 11) is 0. The molecule has 1 aromatic heterocycles. The van der Waals surface area contributed by atoms with E-state index in [4.69, 9.17) is 0 Å². The van der Waals surface area contributed by atoms with Gasteiger partial charge in [-0.1, -0.05) is 20.8 Å². The summed E-state index contributed by atoms with van der Waals surface area (Å²) in [5, 5.41) is 3.71. The Hall–Kier alpha value is -1.84. The number of rotatable bonds is 0. The van der Waals surface area contributed by atoms with E-state index in [-0.39, 0.29) is 17.1 Å². The van der Waals surface area contributed by atoms with Gasteiger partial charge in [-0.3, -0.25) is 4.79 Å². The smallest absolute Gasteiger partial charge is 0.268 e. The molecule has 20 heavy (non-hydrogen) atoms. The first-order chi connectivity index (χ1) is 9.30. The molecule has 0 atom stereocenters. The first-order valence-corrected chi connectivity index (χ1v) is 6.91. The molecule has 1 amide bonds. The van der Waals surface area contributed by atoms with Crippen LogP contribution in [0.3, 0.4) is 0 Å². The van der Waals surface area contributed by atoms with Crippen molar-refractivity contribution in [3.05, 3.63) is 34.8 Å². The maximum absolute atomic E-state index is 14.0. The van der Waals surface area contributed by atoms with Crippen LogP contribution < -0.4 is 5.32 Å². The summed E-state index contributed by atoms with van der Waals surface area (Å²) in [5.41, 5.74) is 3.32. The normalized spacial score (nSPS) is 15.3. The maximum atomic E-state index is 14.0. The van der Waals surface area contributed by atoms with Crippen molar-refractivity contribution >= 4 is 16.8 Å². The van der Waals surface area contributed by atoms with Crippen LogP contribution in [0.25, 0.3) is 10.9 Å². The first kappa shape index (κ1) is 13.2. The van der Waals surface area contributed by atoms with E-state index in [2.05, 4.69) is 26.1 Å². The third-order valence-corrected chi connectivity index (χ3v) is 4.02. The summed E-state index contributed by atoms with van der Waals surface area (Å²) in [6.07, 6.45) is 0. The number of nitrogens with one attached hydrogen (secondary N) is 1. The Morgan fingerprint density at radius 1 is 1.30 bits per heavy atom. The Morgan fingerprint density at radius 3 is 2.65 bits per heavy atom. The predicted molar refractivity (Wildman–Crippen MR) is 77.7 cm³/mol. The fourth-order valence-corrected chi connectivity index (χ4v) is 3.07. The van der Waals surface area contributed by atoms with Gasteiger partial charge in [0.05, 0.1) is 5.52 Å². The highest BCUT2D eigenvalue weighted by Gasteiger charge is 2.28. The van der Waals surface area contributed by atoms with Crippen LogP contribution in [0.2, 0.25) is 0 Å². The number of benzene rings is 1. The Balaban J connectivity index is 2.48. The average Bonchev–Trinajstić information content (AvgIpc) is 2.62. The van der Waals surface area contributed by atoms with Crippen LogP contribution >= 0.6 is 0 Å². The molecule has 0 spiro atoms. The molecule has 0 bridgehead atoms. The summed E-state index contributed by atoms with van der Waals surface area (Å²) < 4.78 is 16.0. The molecule has 0 unspecified atom stereocenters. The molecule has 0 saturated carbocycles. The van der Waals surface area contributed by atoms with Gasteiger partial charge in [0, 0.05) is 18.5 Å². The van der Waals surface area contributed by atoms with Gasteiger partial charge in [-0.2, -0.15) is 0 Å². The van der Waals surface area contributed by atoms with Crippen LogP contribution in [-0.4, -0.2) is 17.0 Å². The maximum Gasteiger partial charge on any atom is 0.268 e. The van der Waals surface area contributed by atoms with Crippen LogP contribution in [0.1, 0.15) is 42.4 Å². The van der Waals surface area contributed by atoms with Gasteiger partial charge in [-0.25, -0.2) is 4.39 Å². The summed E-state index contributed by atoms with van der Waals surface area (Å²) >= 11 is 0. The van der Waals surface area contributed by atoms with Crippen LogP contribution in [0.15, 0.2) is 12.1 Å². The molecule has 106 valence electrons. The predicted octanol–water partition coefficient (Wildman–Crippen LogP) is 3.13. The Labute approximate surface area is 117 Å². The van der Waals surface area contributed by atoms with Crippen LogP contribution in [-0.2, 0) is 12.0 Å². The lowest BCUT2D eigenvalue weighted by molar-refractivity contribution is 0.0928. The number of fused-ring (bicyclic) bond motifs is 3. The minimum absolute atomic E-state index is 0.0646. The van der Waals surface area contributed by atoms with Crippen molar-refractivity contribution in [1.29, 1.82) is 0 Å². The first-order valence-electron chi connectivity index (χ1n) is 6.91. The van der Waals surface area contributed by atoms with Crippen molar-refractivity contribution in [2.75, 3.05) is 6.54 Å². The third-order valence-electron chi connectivity index (χ3n) is 4.02. The van der Waals surface area contributed by atoms with E-state index in [1.54, 1.807) is 12.1 Å². The second kappa shape index (κ2) is 4.08. The molecule has 4 heteroatoms. The van der Waals surface area contributed by atoms with E-state index in [0.717, 1.165) is 28.6 Å². The van der Waals surface area contributed by atoms with Gasteiger partial charge in [0.2, 0.25) is 0 Å². The standard InChI is InChI=1S/C16H19FN2O/c1-9-11-7-10(17)8-12(16(2,3)4)14(11)19-6-5-18-15(20)13(9)19/h7-8H,5-6H2,1-4H3,(H,18,20). The SMILES string of the molecule is Cc1c2n(c3c(C(C)(C)C)cc(F)cc13)CCNC2=O. The van der Waals surface area contributed by atoms with Gasteiger partial charge in [0.25, 0.3) is 5.91 Å². The van der Waals surface area contributed by atoms with Gasteiger partial charge in [0.15, 0.2) is 0 Å². The Kier molecular flexibility index (Phi) is 2.68. The molecule has 0 aliphatic carbocycles. The second-order valence-electron chi connectivity index (χ2n) is 6.48. The highest BCUT2D eigenvalue weighted by Crippen LogP contribution is 2.36. The van der Waals surface area contributed by atoms with Gasteiger partial charge in [-0.15, -0.1) is 0 Å². The van der Waals surface area contributed by atoms with E-state index in [1.807, 2.05) is 11.5 Å². The van der Waals surface area contributed by atoms with E-state index in [9.17, 15) is 9.18 Å². The van der Waals surface area contributed by atoms with Gasteiger partial charge in [-0.05, 0) is 35.6 Å². The third kappa shape index (κ3) is 1.74. The summed E-state index contributed by atoms with van der Waals surface area (Å²) in [5.74, 6) is -0.306. The lowest BCUT2D eigenvalue weighted by Crippen LogP contribution is -2.35. The fraction of sp³-hybridized carbons (Fsp3) is 0.438. The Morgan fingerprint density at radius 2 is 2.00 bits per heavy atom. The molecular formula is C16H19FN2O. The van der Waals surface area contributed by atoms with Crippen molar-refractivity contribution in [2.45, 2.75) is 39.7 Å². The Bertz CT molecular complexity index is 722. The number of hydrogen-bond donors (Lipinski definition) is 1. The molecule has 1 aliphatic rings. The number of aryl methyl sites for hydroxylation is 1. The zero-order valence-corrected chi connectivity index (χ0v) is 12.3. The average molecular weight is 274 g/mol. The molecule has 0 fully saturated rings. The van der Waals surface area contributed by atoms with Gasteiger partial charge in [0.1, 0.15) is 11.5 Å². The number of carbonyl (C=O) groups excluding carboxylic acids is 1. The number of nitrogens with zero attached hydrogens (tertiary/aromatic N) is 1. The number of hydrogen-bond acceptors (Lipinski definition) is 1. The number of carbonyl (C=O) groups is 1. The van der Waals surface area contributed by atoms with Gasteiger partial charge < -0.3 is 9.88 Å². The zero-order valence-electron chi connectivity index (χ0n) is 12.3. The van der Waals surface area contributed by atoms with Crippen molar-refractivity contribution in [3.63, 3.8) is 0 Å². The van der Waals surface area contributed by atoms with E-state index in [0.29, 0.717) is 12.2 Å². The van der Waals surface area contributed by atoms with E-state index >= 15 is 0 Å². The van der Waals surface area contributed by atoms with E-state index < -0.39 is 0 Å². The van der Waals surface area contributed by atoms with Crippen molar-refractivity contribution in [3.8, 4) is 0 Å². The fourth-order valence-electron chi connectivity index (χ4n) is 3.07. The minimum atomic E-state index is -0.242. The topological polar surface area (TPSA) is 34.0 Å². The molecule has 3 rings (SSSR count). The lowest BCUT2D eigenvalue weighted by Gasteiger charge is -2.24. The highest BCUT2D eigenvalue weighted by molar-refractivity contribution is 6.03. The molecule has 1 aliphatic heterocycles. The summed E-state index contributed by atoms with van der Waals surface area (Å²) in [6.45, 7) is 9.46. The minimum Gasteiger partial charge on any atom is -0.349 e. The van der Waals surface area contributed by atoms with Gasteiger partial charge >= 0.3 is 0 Å². The van der Waals surface area contributed by atoms with Crippen molar-refractivity contribution < 1.29 is 9.18 Å². The number of aromatic nitrogens is 1. The zero-order chi connectivity index (χ0) is 14.7. The number of halogens is 1. The molecular weight excluding hydrogens is 255 g/mol. The molecule has 0 radical (unpaired) electrons. The highest BCUT2D eigenvalue weighted by atomic mass is 19.1. The molecule has 1 N–H and O–H groups in total. The molecule has 2 heterocycles. The lowest BCUT2D eigenvalue weighted by atomic mass is 9.85. The van der Waals surface area contributed by atoms with Crippen molar-refractivity contribution in [2.24, 2.45) is 0 Å². The van der Waals surface area contributed by atoms with Crippen LogP contribution in [0.5, 0.6) is 0 Å². The van der Waals surface area contributed by atoms with Crippen molar-refractivity contribution in [1.82, 2.24) is 9.88 Å². The van der Waals surface area contributed by atoms with E-state index in [1.165, 1.54) is 0 Å². The molecule has 3 nitrogen and oxygen atoms in total. The summed E-state index contributed by atoms with van der Waals surface area (Å²) in [6, 6.07) is 3.14. The molecule has 1 aromatic carbocycles. The van der Waals surface area contributed by atoms with Crippen LogP contribution in [0, 0.1) is 12.7 Å². The largest absolute Gasteiger partial charge is 0.349 e.